The first-order chi connectivity index (χ1) is 10.1. The molecule has 7 nitrogen and oxygen atoms in total. The minimum atomic E-state index is -1.25. The van der Waals surface area contributed by atoms with E-state index in [1.165, 1.54) is 12.1 Å². The summed E-state index contributed by atoms with van der Waals surface area (Å²) in [5.41, 5.74) is 1.37. The van der Waals surface area contributed by atoms with Crippen LogP contribution in [0.2, 0.25) is 5.02 Å². The molecule has 0 spiro atoms. The molecule has 106 valence electrons. The molecule has 0 aliphatic rings. The molecule has 0 saturated carbocycles. The van der Waals surface area contributed by atoms with Gasteiger partial charge in [0.15, 0.2) is 5.76 Å². The molecule has 0 bridgehead atoms. The summed E-state index contributed by atoms with van der Waals surface area (Å²) < 4.78 is 13.0. The summed E-state index contributed by atoms with van der Waals surface area (Å²) in [4.78, 5) is 22.8. The van der Waals surface area contributed by atoms with Crippen LogP contribution in [0.5, 0.6) is 0 Å². The van der Waals surface area contributed by atoms with Crippen molar-refractivity contribution in [2.24, 2.45) is 0 Å². The Balaban J connectivity index is 1.94. The summed E-state index contributed by atoms with van der Waals surface area (Å²) in [5, 5.41) is 11.6. The van der Waals surface area contributed by atoms with E-state index in [0.29, 0.717) is 21.7 Å². The lowest BCUT2D eigenvalue weighted by molar-refractivity contribution is 0.0660. The van der Waals surface area contributed by atoms with Crippen LogP contribution in [0, 0.1) is 0 Å². The molecule has 21 heavy (non-hydrogen) atoms. The van der Waals surface area contributed by atoms with Gasteiger partial charge in [-0.15, -0.1) is 0 Å². The average Bonchev–Trinajstić information content (AvgIpc) is 3.09. The Morgan fingerprint density at radius 3 is 2.67 bits per heavy atom. The molecule has 2 N–H and O–H groups in total. The highest BCUT2D eigenvalue weighted by Crippen LogP contribution is 2.30. The lowest BCUT2D eigenvalue weighted by Gasteiger charge is -2.05. The Morgan fingerprint density at radius 2 is 1.95 bits per heavy atom. The molecule has 0 saturated heterocycles. The fourth-order valence-electron chi connectivity index (χ4n) is 1.70. The van der Waals surface area contributed by atoms with Gasteiger partial charge in [0.25, 0.3) is 5.91 Å². The third-order valence-corrected chi connectivity index (χ3v) is 3.51. The van der Waals surface area contributed by atoms with E-state index in [4.69, 9.17) is 21.1 Å². The molecular weight excluding hydrogens is 318 g/mol. The van der Waals surface area contributed by atoms with Gasteiger partial charge >= 0.3 is 5.97 Å². The standard InChI is InChI=1S/C12H6ClN3O4S/c13-5-1-2-6-10(16-21-15-6)9(5)14-11(17)7-3-4-8(20-7)12(18)19/h1-4H,(H,14,17)(H,18,19). The first kappa shape index (κ1) is 13.5. The van der Waals surface area contributed by atoms with Gasteiger partial charge in [0.2, 0.25) is 5.76 Å². The van der Waals surface area contributed by atoms with Crippen molar-refractivity contribution in [2.75, 3.05) is 5.32 Å². The number of rotatable bonds is 3. The highest BCUT2D eigenvalue weighted by Gasteiger charge is 2.18. The van der Waals surface area contributed by atoms with Crippen molar-refractivity contribution >= 4 is 51.9 Å². The Kier molecular flexibility index (Phi) is 3.32. The van der Waals surface area contributed by atoms with Crippen LogP contribution in [0.25, 0.3) is 11.0 Å². The largest absolute Gasteiger partial charge is 0.475 e. The second-order valence-corrected chi connectivity index (χ2v) is 4.91. The molecule has 3 aromatic rings. The predicted octanol–water partition coefficient (Wildman–Crippen LogP) is 2.89. The van der Waals surface area contributed by atoms with Gasteiger partial charge in [-0.05, 0) is 24.3 Å². The highest BCUT2D eigenvalue weighted by molar-refractivity contribution is 7.00. The smallest absolute Gasteiger partial charge is 0.371 e. The summed E-state index contributed by atoms with van der Waals surface area (Å²) in [6.45, 7) is 0. The molecule has 2 heterocycles. The molecule has 0 aliphatic heterocycles. The molecule has 9 heteroatoms. The van der Waals surface area contributed by atoms with E-state index >= 15 is 0 Å². The lowest BCUT2D eigenvalue weighted by atomic mass is 10.2. The summed E-state index contributed by atoms with van der Waals surface area (Å²) in [5.74, 6) is -2.33. The second kappa shape index (κ2) is 5.15. The number of amides is 1. The monoisotopic (exact) mass is 323 g/mol. The maximum absolute atomic E-state index is 12.1. The fourth-order valence-corrected chi connectivity index (χ4v) is 2.44. The topological polar surface area (TPSA) is 105 Å². The first-order valence-corrected chi connectivity index (χ1v) is 6.72. The number of carboxylic acids is 1. The number of hydrogen-bond donors (Lipinski definition) is 2. The number of benzene rings is 1. The van der Waals surface area contributed by atoms with E-state index in [1.807, 2.05) is 0 Å². The number of aromatic carboxylic acids is 1. The Morgan fingerprint density at radius 1 is 1.19 bits per heavy atom. The normalized spacial score (nSPS) is 10.7. The quantitative estimate of drug-likeness (QED) is 0.767. The summed E-state index contributed by atoms with van der Waals surface area (Å²) in [6.07, 6.45) is 0. The van der Waals surface area contributed by atoms with Crippen LogP contribution in [-0.2, 0) is 0 Å². The van der Waals surface area contributed by atoms with Crippen molar-refractivity contribution in [3.8, 4) is 0 Å². The number of aromatic nitrogens is 2. The number of carbonyl (C=O) groups is 2. The maximum Gasteiger partial charge on any atom is 0.371 e. The van der Waals surface area contributed by atoms with Crippen molar-refractivity contribution in [1.82, 2.24) is 8.75 Å². The number of fused-ring (bicyclic) bond motifs is 1. The maximum atomic E-state index is 12.1. The SMILES string of the molecule is O=C(O)c1ccc(C(=O)Nc2c(Cl)ccc3nsnc23)o1. The zero-order valence-electron chi connectivity index (χ0n) is 10.2. The van der Waals surface area contributed by atoms with Crippen molar-refractivity contribution < 1.29 is 19.1 Å². The predicted molar refractivity (Wildman–Crippen MR) is 76.0 cm³/mol. The summed E-state index contributed by atoms with van der Waals surface area (Å²) in [7, 11) is 0. The zero-order valence-corrected chi connectivity index (χ0v) is 11.7. The minimum absolute atomic E-state index is 0.136. The van der Waals surface area contributed by atoms with Crippen LogP contribution < -0.4 is 5.32 Å². The van der Waals surface area contributed by atoms with Gasteiger partial charge in [-0.25, -0.2) is 4.79 Å². The third kappa shape index (κ3) is 2.46. The van der Waals surface area contributed by atoms with Crippen LogP contribution in [0.4, 0.5) is 5.69 Å². The third-order valence-electron chi connectivity index (χ3n) is 2.66. The van der Waals surface area contributed by atoms with E-state index in [2.05, 4.69) is 14.1 Å². The van der Waals surface area contributed by atoms with Gasteiger partial charge < -0.3 is 14.8 Å². The average molecular weight is 324 g/mol. The number of furan rings is 1. The van der Waals surface area contributed by atoms with Crippen LogP contribution >= 0.6 is 23.3 Å². The van der Waals surface area contributed by atoms with E-state index in [0.717, 1.165) is 11.7 Å². The van der Waals surface area contributed by atoms with Crippen molar-refractivity contribution in [2.45, 2.75) is 0 Å². The zero-order chi connectivity index (χ0) is 15.0. The molecule has 1 aromatic carbocycles. The van der Waals surface area contributed by atoms with Crippen molar-refractivity contribution in [1.29, 1.82) is 0 Å². The molecule has 0 atom stereocenters. The number of carbonyl (C=O) groups excluding carboxylic acids is 1. The molecule has 1 amide bonds. The van der Waals surface area contributed by atoms with E-state index in [9.17, 15) is 9.59 Å². The van der Waals surface area contributed by atoms with Crippen LogP contribution in [-0.4, -0.2) is 25.7 Å². The summed E-state index contributed by atoms with van der Waals surface area (Å²) >= 11 is 7.04. The van der Waals surface area contributed by atoms with Gasteiger partial charge in [0.1, 0.15) is 11.0 Å². The van der Waals surface area contributed by atoms with E-state index in [-0.39, 0.29) is 11.5 Å². The van der Waals surface area contributed by atoms with Crippen LogP contribution in [0.1, 0.15) is 21.1 Å². The minimum Gasteiger partial charge on any atom is -0.475 e. The van der Waals surface area contributed by atoms with Crippen LogP contribution in [0.3, 0.4) is 0 Å². The molecular formula is C12H6ClN3O4S. The number of carboxylic acid groups (broad SMARTS) is 1. The number of anilines is 1. The summed E-state index contributed by atoms with van der Waals surface area (Å²) in [6, 6.07) is 5.74. The highest BCUT2D eigenvalue weighted by atomic mass is 35.5. The molecule has 0 fully saturated rings. The molecule has 0 aliphatic carbocycles. The van der Waals surface area contributed by atoms with Gasteiger partial charge in [0.05, 0.1) is 22.4 Å². The Labute approximate surface area is 126 Å². The Hall–Kier alpha value is -2.45. The van der Waals surface area contributed by atoms with Crippen molar-refractivity contribution in [3.63, 3.8) is 0 Å². The number of nitrogens with zero attached hydrogens (tertiary/aromatic N) is 2. The first-order valence-electron chi connectivity index (χ1n) is 5.61. The number of hydrogen-bond acceptors (Lipinski definition) is 6. The van der Waals surface area contributed by atoms with Gasteiger partial charge in [-0.2, -0.15) is 8.75 Å². The van der Waals surface area contributed by atoms with Gasteiger partial charge in [0, 0.05) is 0 Å². The second-order valence-electron chi connectivity index (χ2n) is 3.98. The van der Waals surface area contributed by atoms with Gasteiger partial charge in [-0.3, -0.25) is 4.79 Å². The number of nitrogens with one attached hydrogen (secondary N) is 1. The molecule has 2 aromatic heterocycles. The fraction of sp³-hybridized carbons (Fsp3) is 0. The van der Waals surface area contributed by atoms with E-state index in [1.54, 1.807) is 12.1 Å². The number of halogens is 1. The van der Waals surface area contributed by atoms with E-state index < -0.39 is 11.9 Å². The lowest BCUT2D eigenvalue weighted by Crippen LogP contribution is -2.11. The van der Waals surface area contributed by atoms with Crippen molar-refractivity contribution in [3.05, 3.63) is 40.8 Å². The molecule has 3 rings (SSSR count). The van der Waals surface area contributed by atoms with Crippen LogP contribution in [0.15, 0.2) is 28.7 Å². The molecule has 0 radical (unpaired) electrons. The van der Waals surface area contributed by atoms with Gasteiger partial charge in [-0.1, -0.05) is 11.6 Å². The molecule has 0 unspecified atom stereocenters. The Bertz CT molecular complexity index is 857.